The van der Waals surface area contributed by atoms with Crippen molar-refractivity contribution in [2.24, 2.45) is 0 Å². The minimum Gasteiger partial charge on any atom is -0.492 e. The number of hydrogen-bond donors (Lipinski definition) is 1. The van der Waals surface area contributed by atoms with Gasteiger partial charge in [-0.2, -0.15) is 0 Å². The van der Waals surface area contributed by atoms with Gasteiger partial charge in [0.2, 0.25) is 5.91 Å². The van der Waals surface area contributed by atoms with Gasteiger partial charge < -0.3 is 10.1 Å². The van der Waals surface area contributed by atoms with E-state index in [4.69, 9.17) is 4.74 Å². The molecule has 0 bridgehead atoms. The highest BCUT2D eigenvalue weighted by molar-refractivity contribution is 9.10. The van der Waals surface area contributed by atoms with E-state index in [0.717, 1.165) is 9.48 Å². The first-order valence-corrected chi connectivity index (χ1v) is 9.26. The molecule has 128 valence electrons. The fraction of sp³-hybridized carbons (Fsp3) is 0.176. The summed E-state index contributed by atoms with van der Waals surface area (Å²) in [6.45, 7) is 2.43. The molecule has 0 fully saturated rings. The molecule has 0 atom stereocenters. The summed E-state index contributed by atoms with van der Waals surface area (Å²) >= 11 is 4.84. The third-order valence-electron chi connectivity index (χ3n) is 3.19. The molecule has 0 unspecified atom stereocenters. The number of benzene rings is 1. The van der Waals surface area contributed by atoms with Crippen molar-refractivity contribution in [2.75, 3.05) is 11.9 Å². The Morgan fingerprint density at radius 1 is 1.36 bits per heavy atom. The molecule has 1 aromatic carbocycles. The number of nitrogens with zero attached hydrogens (tertiary/aromatic N) is 3. The fourth-order valence-corrected chi connectivity index (χ4v) is 3.30. The molecule has 6 nitrogen and oxygen atoms in total. The molecule has 0 radical (unpaired) electrons. The minimum atomic E-state index is -0.157. The Morgan fingerprint density at radius 3 is 3.00 bits per heavy atom. The van der Waals surface area contributed by atoms with Crippen LogP contribution in [0.15, 0.2) is 46.6 Å². The van der Waals surface area contributed by atoms with Crippen LogP contribution in [0.3, 0.4) is 0 Å². The number of halogens is 1. The second-order valence-corrected chi connectivity index (χ2v) is 6.81. The zero-order chi connectivity index (χ0) is 17.6. The molecule has 0 aliphatic heterocycles. The van der Waals surface area contributed by atoms with Gasteiger partial charge in [0.1, 0.15) is 16.5 Å². The van der Waals surface area contributed by atoms with E-state index in [9.17, 15) is 4.79 Å². The van der Waals surface area contributed by atoms with Gasteiger partial charge in [0.15, 0.2) is 0 Å². The molecule has 0 spiro atoms. The van der Waals surface area contributed by atoms with E-state index in [1.54, 1.807) is 18.6 Å². The van der Waals surface area contributed by atoms with Crippen LogP contribution >= 0.6 is 27.3 Å². The first-order chi connectivity index (χ1) is 12.2. The number of ether oxygens (including phenoxy) is 1. The van der Waals surface area contributed by atoms with E-state index in [-0.39, 0.29) is 12.3 Å². The smallest absolute Gasteiger partial charge is 0.230 e. The summed E-state index contributed by atoms with van der Waals surface area (Å²) in [7, 11) is 0. The van der Waals surface area contributed by atoms with E-state index in [1.165, 1.54) is 11.3 Å². The Labute approximate surface area is 157 Å². The molecule has 1 N–H and O–H groups in total. The Morgan fingerprint density at radius 2 is 2.24 bits per heavy atom. The number of rotatable bonds is 6. The molecule has 0 aliphatic carbocycles. The van der Waals surface area contributed by atoms with Gasteiger partial charge in [0.25, 0.3) is 0 Å². The lowest BCUT2D eigenvalue weighted by molar-refractivity contribution is -0.115. The van der Waals surface area contributed by atoms with Gasteiger partial charge >= 0.3 is 0 Å². The lowest BCUT2D eigenvalue weighted by atomic mass is 10.2. The molecule has 1 amide bonds. The second-order valence-electron chi connectivity index (χ2n) is 5.03. The van der Waals surface area contributed by atoms with Crippen molar-refractivity contribution in [3.63, 3.8) is 0 Å². The van der Waals surface area contributed by atoms with Crippen LogP contribution in [-0.4, -0.2) is 27.5 Å². The summed E-state index contributed by atoms with van der Waals surface area (Å²) in [5.41, 5.74) is 2.02. The fourth-order valence-electron chi connectivity index (χ4n) is 2.16. The van der Waals surface area contributed by atoms with Gasteiger partial charge in [-0.05, 0) is 25.1 Å². The number of hydrogen-bond acceptors (Lipinski definition) is 6. The standard InChI is InChI=1S/C17H15BrN4O2S/c1-2-24-15-4-3-11(18)7-13(15)22-16(23)8-12-10-25-17(21-12)14-9-19-5-6-20-14/h3-7,9-10H,2,8H2,1H3,(H,22,23). The van der Waals surface area contributed by atoms with Crippen LogP contribution in [0.5, 0.6) is 5.75 Å². The quantitative estimate of drug-likeness (QED) is 0.655. The molecule has 2 heterocycles. The van der Waals surface area contributed by atoms with Crippen molar-refractivity contribution in [3.05, 3.63) is 52.3 Å². The topological polar surface area (TPSA) is 77.0 Å². The van der Waals surface area contributed by atoms with Gasteiger partial charge in [-0.25, -0.2) is 4.98 Å². The molecule has 2 aromatic heterocycles. The van der Waals surface area contributed by atoms with Crippen LogP contribution in [0, 0.1) is 0 Å². The van der Waals surface area contributed by atoms with Crippen molar-refractivity contribution in [1.82, 2.24) is 15.0 Å². The maximum absolute atomic E-state index is 12.4. The lowest BCUT2D eigenvalue weighted by Crippen LogP contribution is -2.15. The highest BCUT2D eigenvalue weighted by atomic mass is 79.9. The van der Waals surface area contributed by atoms with Crippen molar-refractivity contribution < 1.29 is 9.53 Å². The average Bonchev–Trinajstić information content (AvgIpc) is 3.06. The van der Waals surface area contributed by atoms with Crippen molar-refractivity contribution >= 4 is 38.9 Å². The van der Waals surface area contributed by atoms with Gasteiger partial charge in [-0.3, -0.25) is 14.8 Å². The van der Waals surface area contributed by atoms with Crippen LogP contribution < -0.4 is 10.1 Å². The third-order valence-corrected chi connectivity index (χ3v) is 4.60. The molecular formula is C17H15BrN4O2S. The van der Waals surface area contributed by atoms with Crippen LogP contribution in [0.2, 0.25) is 0 Å². The average molecular weight is 419 g/mol. The molecule has 3 aromatic rings. The Hall–Kier alpha value is -2.32. The summed E-state index contributed by atoms with van der Waals surface area (Å²) in [6, 6.07) is 5.50. The Kier molecular flexibility index (Phi) is 5.72. The van der Waals surface area contributed by atoms with E-state index in [0.29, 0.717) is 29.4 Å². The predicted octanol–water partition coefficient (Wildman–Crippen LogP) is 3.94. The first-order valence-electron chi connectivity index (χ1n) is 7.58. The normalized spacial score (nSPS) is 10.5. The van der Waals surface area contributed by atoms with E-state index in [1.807, 2.05) is 30.5 Å². The van der Waals surface area contributed by atoms with Gasteiger partial charge in [-0.15, -0.1) is 11.3 Å². The molecule has 0 saturated heterocycles. The monoisotopic (exact) mass is 418 g/mol. The molecule has 8 heteroatoms. The zero-order valence-corrected chi connectivity index (χ0v) is 15.8. The minimum absolute atomic E-state index is 0.157. The number of carbonyl (C=O) groups excluding carboxylic acids is 1. The maximum Gasteiger partial charge on any atom is 0.230 e. The largest absolute Gasteiger partial charge is 0.492 e. The maximum atomic E-state index is 12.4. The van der Waals surface area contributed by atoms with Crippen LogP contribution in [0.1, 0.15) is 12.6 Å². The highest BCUT2D eigenvalue weighted by Crippen LogP contribution is 2.28. The number of thiazole rings is 1. The van der Waals surface area contributed by atoms with Crippen LogP contribution in [0.4, 0.5) is 5.69 Å². The number of aromatic nitrogens is 3. The summed E-state index contributed by atoms with van der Waals surface area (Å²) in [5, 5.41) is 5.48. The van der Waals surface area contributed by atoms with Gasteiger partial charge in [0.05, 0.1) is 30.6 Å². The molecule has 0 saturated carbocycles. The van der Waals surface area contributed by atoms with Gasteiger partial charge in [0, 0.05) is 22.2 Å². The lowest BCUT2D eigenvalue weighted by Gasteiger charge is -2.11. The summed E-state index contributed by atoms with van der Waals surface area (Å²) < 4.78 is 6.41. The number of carbonyl (C=O) groups is 1. The van der Waals surface area contributed by atoms with Crippen LogP contribution in [0.25, 0.3) is 10.7 Å². The summed E-state index contributed by atoms with van der Waals surface area (Å²) in [4.78, 5) is 25.0. The van der Waals surface area contributed by atoms with E-state index in [2.05, 4.69) is 36.2 Å². The molecule has 0 aliphatic rings. The molecular weight excluding hydrogens is 404 g/mol. The molecule has 25 heavy (non-hydrogen) atoms. The number of amides is 1. The van der Waals surface area contributed by atoms with Crippen molar-refractivity contribution in [3.8, 4) is 16.5 Å². The SMILES string of the molecule is CCOc1ccc(Br)cc1NC(=O)Cc1csc(-c2cnccn2)n1. The van der Waals surface area contributed by atoms with Crippen LogP contribution in [-0.2, 0) is 11.2 Å². The number of anilines is 1. The highest BCUT2D eigenvalue weighted by Gasteiger charge is 2.12. The molecule has 3 rings (SSSR count). The van der Waals surface area contributed by atoms with Crippen molar-refractivity contribution in [2.45, 2.75) is 13.3 Å². The summed E-state index contributed by atoms with van der Waals surface area (Å²) in [5.74, 6) is 0.479. The second kappa shape index (κ2) is 8.17. The predicted molar refractivity (Wildman–Crippen MR) is 101 cm³/mol. The van der Waals surface area contributed by atoms with E-state index < -0.39 is 0 Å². The van der Waals surface area contributed by atoms with Crippen molar-refractivity contribution in [1.29, 1.82) is 0 Å². The third kappa shape index (κ3) is 4.61. The Bertz CT molecular complexity index is 870. The Balaban J connectivity index is 1.69. The zero-order valence-electron chi connectivity index (χ0n) is 13.4. The van der Waals surface area contributed by atoms with Gasteiger partial charge in [-0.1, -0.05) is 15.9 Å². The number of nitrogens with one attached hydrogen (secondary N) is 1. The van der Waals surface area contributed by atoms with E-state index >= 15 is 0 Å². The first kappa shape index (κ1) is 17.5. The summed E-state index contributed by atoms with van der Waals surface area (Å²) in [6.07, 6.45) is 5.05.